The minimum Gasteiger partial charge on any atom is -0.295 e. The van der Waals surface area contributed by atoms with Gasteiger partial charge in [0.1, 0.15) is 6.04 Å². The van der Waals surface area contributed by atoms with Crippen molar-refractivity contribution in [2.75, 3.05) is 14.1 Å². The standard InChI is InChI=1S/C11H14F3N/c1-8-5-4-6-9(7-8)10(15(2)3)11(12,13)14/h4-7,10H,1-3H3. The summed E-state index contributed by atoms with van der Waals surface area (Å²) in [7, 11) is 2.86. The molecule has 0 radical (unpaired) electrons. The molecule has 0 spiro atoms. The fraction of sp³-hybridized carbons (Fsp3) is 0.455. The zero-order valence-corrected chi connectivity index (χ0v) is 8.97. The molecule has 0 saturated carbocycles. The number of hydrogen-bond donors (Lipinski definition) is 0. The fourth-order valence-electron chi connectivity index (χ4n) is 1.62. The molecule has 0 aliphatic rings. The van der Waals surface area contributed by atoms with Crippen molar-refractivity contribution >= 4 is 0 Å². The number of hydrogen-bond acceptors (Lipinski definition) is 1. The van der Waals surface area contributed by atoms with Crippen molar-refractivity contribution in [2.24, 2.45) is 0 Å². The summed E-state index contributed by atoms with van der Waals surface area (Å²) in [6, 6.07) is 4.97. The van der Waals surface area contributed by atoms with Gasteiger partial charge >= 0.3 is 6.18 Å². The highest BCUT2D eigenvalue weighted by molar-refractivity contribution is 5.26. The zero-order valence-electron chi connectivity index (χ0n) is 8.97. The van der Waals surface area contributed by atoms with Crippen molar-refractivity contribution in [3.05, 3.63) is 35.4 Å². The van der Waals surface area contributed by atoms with E-state index >= 15 is 0 Å². The van der Waals surface area contributed by atoms with Gasteiger partial charge in [0.25, 0.3) is 0 Å². The van der Waals surface area contributed by atoms with Gasteiger partial charge in [0.2, 0.25) is 0 Å². The molecule has 0 N–H and O–H groups in total. The monoisotopic (exact) mass is 217 g/mol. The van der Waals surface area contributed by atoms with Crippen molar-refractivity contribution in [3.8, 4) is 0 Å². The Balaban J connectivity index is 3.11. The van der Waals surface area contributed by atoms with E-state index in [1.807, 2.05) is 0 Å². The molecule has 0 saturated heterocycles. The van der Waals surface area contributed by atoms with E-state index in [4.69, 9.17) is 0 Å². The van der Waals surface area contributed by atoms with Crippen LogP contribution in [-0.4, -0.2) is 25.2 Å². The Labute approximate surface area is 87.5 Å². The molecule has 0 amide bonds. The molecule has 0 aliphatic carbocycles. The minimum absolute atomic E-state index is 0.285. The number of nitrogens with zero attached hydrogens (tertiary/aromatic N) is 1. The van der Waals surface area contributed by atoms with Gasteiger partial charge in [-0.15, -0.1) is 0 Å². The largest absolute Gasteiger partial charge is 0.408 e. The van der Waals surface area contributed by atoms with Crippen molar-refractivity contribution in [3.63, 3.8) is 0 Å². The van der Waals surface area contributed by atoms with E-state index in [0.29, 0.717) is 0 Å². The summed E-state index contributed by atoms with van der Waals surface area (Å²) in [4.78, 5) is 1.18. The quantitative estimate of drug-likeness (QED) is 0.735. The van der Waals surface area contributed by atoms with E-state index < -0.39 is 12.2 Å². The average molecular weight is 217 g/mol. The average Bonchev–Trinajstić information content (AvgIpc) is 1.99. The molecule has 4 heteroatoms. The lowest BCUT2D eigenvalue weighted by Crippen LogP contribution is -2.33. The van der Waals surface area contributed by atoms with Gasteiger partial charge < -0.3 is 0 Å². The first kappa shape index (κ1) is 12.0. The summed E-state index contributed by atoms with van der Waals surface area (Å²) in [6.07, 6.45) is -4.24. The summed E-state index contributed by atoms with van der Waals surface area (Å²) in [5.41, 5.74) is 1.12. The SMILES string of the molecule is Cc1cccc(C(N(C)C)C(F)(F)F)c1. The summed E-state index contributed by atoms with van der Waals surface area (Å²) < 4.78 is 38.2. The molecule has 1 aromatic rings. The van der Waals surface area contributed by atoms with Crippen molar-refractivity contribution in [1.29, 1.82) is 0 Å². The molecule has 0 heterocycles. The maximum Gasteiger partial charge on any atom is 0.408 e. The van der Waals surface area contributed by atoms with Crippen molar-refractivity contribution < 1.29 is 13.2 Å². The van der Waals surface area contributed by atoms with E-state index in [9.17, 15) is 13.2 Å². The van der Waals surface area contributed by atoms with Crippen LogP contribution in [0.5, 0.6) is 0 Å². The highest BCUT2D eigenvalue weighted by Gasteiger charge is 2.42. The Morgan fingerprint density at radius 2 is 1.80 bits per heavy atom. The lowest BCUT2D eigenvalue weighted by Gasteiger charge is -2.27. The maximum absolute atomic E-state index is 12.7. The Kier molecular flexibility index (Phi) is 3.39. The highest BCUT2D eigenvalue weighted by Crippen LogP contribution is 2.36. The number of aryl methyl sites for hydroxylation is 1. The van der Waals surface area contributed by atoms with Crippen LogP contribution in [0.15, 0.2) is 24.3 Å². The van der Waals surface area contributed by atoms with Crippen molar-refractivity contribution in [1.82, 2.24) is 4.90 Å². The third-order valence-electron chi connectivity index (χ3n) is 2.18. The number of halogens is 3. The number of benzene rings is 1. The molecule has 1 nitrogen and oxygen atoms in total. The Morgan fingerprint density at radius 3 is 2.20 bits per heavy atom. The first-order chi connectivity index (χ1) is 6.82. The maximum atomic E-state index is 12.7. The van der Waals surface area contributed by atoms with Crippen LogP contribution in [0, 0.1) is 6.92 Å². The van der Waals surface area contributed by atoms with Crippen LogP contribution >= 0.6 is 0 Å². The summed E-state index contributed by atoms with van der Waals surface area (Å²) in [6.45, 7) is 1.78. The summed E-state index contributed by atoms with van der Waals surface area (Å²) in [5.74, 6) is 0. The van der Waals surface area contributed by atoms with Crippen LogP contribution in [0.4, 0.5) is 13.2 Å². The zero-order chi connectivity index (χ0) is 11.6. The van der Waals surface area contributed by atoms with Gasteiger partial charge in [-0.05, 0) is 26.6 Å². The van der Waals surface area contributed by atoms with Crippen LogP contribution < -0.4 is 0 Å². The second-order valence-corrected chi connectivity index (χ2v) is 3.82. The van der Waals surface area contributed by atoms with Crippen LogP contribution in [0.3, 0.4) is 0 Å². The molecule has 0 bridgehead atoms. The van der Waals surface area contributed by atoms with E-state index in [-0.39, 0.29) is 5.56 Å². The topological polar surface area (TPSA) is 3.24 Å². The molecule has 15 heavy (non-hydrogen) atoms. The van der Waals surface area contributed by atoms with E-state index in [1.54, 1.807) is 25.1 Å². The van der Waals surface area contributed by atoms with Crippen LogP contribution in [0.2, 0.25) is 0 Å². The third kappa shape index (κ3) is 2.96. The van der Waals surface area contributed by atoms with Gasteiger partial charge in [0, 0.05) is 0 Å². The summed E-state index contributed by atoms with van der Waals surface area (Å²) >= 11 is 0. The lowest BCUT2D eigenvalue weighted by atomic mass is 10.0. The van der Waals surface area contributed by atoms with Crippen LogP contribution in [-0.2, 0) is 0 Å². The first-order valence-electron chi connectivity index (χ1n) is 4.62. The molecule has 1 rings (SSSR count). The Morgan fingerprint density at radius 1 is 1.20 bits per heavy atom. The molecule has 0 aromatic heterocycles. The van der Waals surface area contributed by atoms with E-state index in [2.05, 4.69) is 0 Å². The Hall–Kier alpha value is -1.03. The van der Waals surface area contributed by atoms with E-state index in [0.717, 1.165) is 5.56 Å². The first-order valence-corrected chi connectivity index (χ1v) is 4.62. The normalized spacial score (nSPS) is 14.3. The predicted octanol–water partition coefficient (Wildman–Crippen LogP) is 3.16. The Bertz CT molecular complexity index is 331. The molecule has 0 aliphatic heterocycles. The van der Waals surface area contributed by atoms with Crippen LogP contribution in [0.1, 0.15) is 17.2 Å². The molecule has 1 aromatic carbocycles. The number of alkyl halides is 3. The van der Waals surface area contributed by atoms with Gasteiger partial charge in [0.05, 0.1) is 0 Å². The molecule has 1 unspecified atom stereocenters. The second-order valence-electron chi connectivity index (χ2n) is 3.82. The third-order valence-corrected chi connectivity index (χ3v) is 2.18. The van der Waals surface area contributed by atoms with Gasteiger partial charge in [-0.3, -0.25) is 4.90 Å². The molecule has 0 fully saturated rings. The molecular weight excluding hydrogens is 203 g/mol. The van der Waals surface area contributed by atoms with Crippen LogP contribution in [0.25, 0.3) is 0 Å². The fourth-order valence-corrected chi connectivity index (χ4v) is 1.62. The molecule has 1 atom stereocenters. The second kappa shape index (κ2) is 4.23. The summed E-state index contributed by atoms with van der Waals surface area (Å²) in [5, 5.41) is 0. The predicted molar refractivity (Wildman–Crippen MR) is 53.7 cm³/mol. The van der Waals surface area contributed by atoms with Gasteiger partial charge in [0.15, 0.2) is 0 Å². The smallest absolute Gasteiger partial charge is 0.295 e. The number of rotatable bonds is 2. The van der Waals surface area contributed by atoms with Gasteiger partial charge in [-0.1, -0.05) is 29.8 Å². The highest BCUT2D eigenvalue weighted by atomic mass is 19.4. The van der Waals surface area contributed by atoms with E-state index in [1.165, 1.54) is 25.1 Å². The minimum atomic E-state index is -4.24. The molecular formula is C11H14F3N. The molecule has 84 valence electrons. The van der Waals surface area contributed by atoms with Gasteiger partial charge in [-0.25, -0.2) is 0 Å². The van der Waals surface area contributed by atoms with Gasteiger partial charge in [-0.2, -0.15) is 13.2 Å². The van der Waals surface area contributed by atoms with Crippen molar-refractivity contribution in [2.45, 2.75) is 19.1 Å². The lowest BCUT2D eigenvalue weighted by molar-refractivity contribution is -0.179.